The highest BCUT2D eigenvalue weighted by molar-refractivity contribution is 5.89. The highest BCUT2D eigenvalue weighted by Crippen LogP contribution is 2.11. The molecule has 33 heavy (non-hydrogen) atoms. The van der Waals surface area contributed by atoms with E-state index in [2.05, 4.69) is 0 Å². The van der Waals surface area contributed by atoms with E-state index in [0.29, 0.717) is 24.3 Å². The van der Waals surface area contributed by atoms with Crippen molar-refractivity contribution in [3.63, 3.8) is 0 Å². The van der Waals surface area contributed by atoms with Gasteiger partial charge in [0.05, 0.1) is 17.7 Å². The van der Waals surface area contributed by atoms with Crippen LogP contribution in [-0.4, -0.2) is 44.7 Å². The number of rotatable bonds is 15. The van der Waals surface area contributed by atoms with Crippen molar-refractivity contribution < 1.29 is 38.6 Å². The third-order valence-electron chi connectivity index (χ3n) is 4.39. The van der Waals surface area contributed by atoms with Gasteiger partial charge in [-0.05, 0) is 51.0 Å². The molecule has 2 aromatic carbocycles. The number of ether oxygens (including phenoxy) is 2. The monoisotopic (exact) mass is 460 g/mol. The Bertz CT molecular complexity index is 805. The van der Waals surface area contributed by atoms with Crippen molar-refractivity contribution >= 4 is 11.9 Å². The molecular weight excluding hydrogens is 428 g/mol. The zero-order valence-electron chi connectivity index (χ0n) is 19.4. The summed E-state index contributed by atoms with van der Waals surface area (Å²) in [4.78, 5) is 44.5. The summed E-state index contributed by atoms with van der Waals surface area (Å²) < 4.78 is 10.9. The fraction of sp³-hybridized carbons (Fsp3) is 0.440. The smallest absolute Gasteiger partial charge is 0.373 e. The van der Waals surface area contributed by atoms with E-state index >= 15 is 0 Å². The number of aryl methyl sites for hydroxylation is 2. The molecule has 0 aliphatic heterocycles. The standard InChI is InChI=1S/C25H32O8/c1-4-13-28-14-7-15-29-16-12-23(30-32-24(26)21-10-5-8-19(2)17-21)31-33-25(27)22-11-6-9-20(3)18-22/h5-6,8-11,17-18,23H,4,7,12-16H2,1-3H3. The molecule has 8 nitrogen and oxygen atoms in total. The van der Waals surface area contributed by atoms with Crippen LogP contribution in [0.2, 0.25) is 0 Å². The average Bonchev–Trinajstić information content (AvgIpc) is 2.81. The lowest BCUT2D eigenvalue weighted by atomic mass is 10.1. The molecule has 0 aliphatic carbocycles. The van der Waals surface area contributed by atoms with Crippen LogP contribution in [0.25, 0.3) is 0 Å². The van der Waals surface area contributed by atoms with Gasteiger partial charge in [-0.25, -0.2) is 9.59 Å². The maximum atomic E-state index is 12.2. The Labute approximate surface area is 194 Å². The molecule has 0 spiro atoms. The molecule has 0 N–H and O–H groups in total. The van der Waals surface area contributed by atoms with E-state index in [-0.39, 0.29) is 13.0 Å². The Morgan fingerprint density at radius 2 is 1.27 bits per heavy atom. The van der Waals surface area contributed by atoms with Gasteiger partial charge in [0, 0.05) is 26.2 Å². The second-order valence-electron chi connectivity index (χ2n) is 7.47. The first-order chi connectivity index (χ1) is 16.0. The van der Waals surface area contributed by atoms with Crippen molar-refractivity contribution in [2.75, 3.05) is 26.4 Å². The highest BCUT2D eigenvalue weighted by Gasteiger charge is 2.20. The Hall–Kier alpha value is -2.78. The van der Waals surface area contributed by atoms with Gasteiger partial charge in [-0.1, -0.05) is 42.3 Å². The van der Waals surface area contributed by atoms with E-state index in [1.54, 1.807) is 36.4 Å². The lowest BCUT2D eigenvalue weighted by Crippen LogP contribution is -2.24. The van der Waals surface area contributed by atoms with E-state index in [1.165, 1.54) is 0 Å². The molecule has 0 atom stereocenters. The lowest BCUT2D eigenvalue weighted by Gasteiger charge is -2.15. The summed E-state index contributed by atoms with van der Waals surface area (Å²) in [7, 11) is 0. The average molecular weight is 461 g/mol. The van der Waals surface area contributed by atoms with E-state index in [1.807, 2.05) is 32.9 Å². The van der Waals surface area contributed by atoms with E-state index in [9.17, 15) is 9.59 Å². The Morgan fingerprint density at radius 1 is 0.758 bits per heavy atom. The second-order valence-corrected chi connectivity index (χ2v) is 7.47. The van der Waals surface area contributed by atoms with Crippen molar-refractivity contribution in [2.45, 2.75) is 46.3 Å². The highest BCUT2D eigenvalue weighted by atomic mass is 17.3. The molecule has 0 unspecified atom stereocenters. The maximum absolute atomic E-state index is 12.2. The number of benzene rings is 2. The van der Waals surface area contributed by atoms with E-state index < -0.39 is 18.2 Å². The SMILES string of the molecule is CCCOCCCOCCC(OOC(=O)c1cccc(C)c1)OOC(=O)c1cccc(C)c1. The van der Waals surface area contributed by atoms with Crippen LogP contribution < -0.4 is 0 Å². The van der Waals surface area contributed by atoms with Crippen molar-refractivity contribution in [2.24, 2.45) is 0 Å². The Morgan fingerprint density at radius 3 is 1.76 bits per heavy atom. The van der Waals surface area contributed by atoms with Crippen molar-refractivity contribution in [1.82, 2.24) is 0 Å². The number of hydrogen-bond acceptors (Lipinski definition) is 8. The molecule has 0 aromatic heterocycles. The first kappa shape index (κ1) is 26.5. The molecule has 0 amide bonds. The molecule has 0 saturated carbocycles. The topological polar surface area (TPSA) is 89.5 Å². The lowest BCUT2D eigenvalue weighted by molar-refractivity contribution is -0.422. The van der Waals surface area contributed by atoms with Crippen LogP contribution in [0.4, 0.5) is 0 Å². The quantitative estimate of drug-likeness (QED) is 0.163. The molecule has 0 heterocycles. The van der Waals surface area contributed by atoms with Crippen LogP contribution in [0, 0.1) is 13.8 Å². The van der Waals surface area contributed by atoms with Crippen LogP contribution >= 0.6 is 0 Å². The van der Waals surface area contributed by atoms with Gasteiger partial charge in [0.25, 0.3) is 0 Å². The van der Waals surface area contributed by atoms with Gasteiger partial charge in [0.2, 0.25) is 6.29 Å². The van der Waals surface area contributed by atoms with Crippen molar-refractivity contribution in [1.29, 1.82) is 0 Å². The van der Waals surface area contributed by atoms with Crippen LogP contribution in [0.3, 0.4) is 0 Å². The van der Waals surface area contributed by atoms with Crippen molar-refractivity contribution in [3.8, 4) is 0 Å². The maximum Gasteiger partial charge on any atom is 0.373 e. The van der Waals surface area contributed by atoms with Gasteiger partial charge >= 0.3 is 11.9 Å². The third-order valence-corrected chi connectivity index (χ3v) is 4.39. The first-order valence-corrected chi connectivity index (χ1v) is 11.0. The number of carbonyl (C=O) groups excluding carboxylic acids is 2. The molecule has 0 bridgehead atoms. The van der Waals surface area contributed by atoms with E-state index in [0.717, 1.165) is 30.6 Å². The van der Waals surface area contributed by atoms with Gasteiger partial charge in [0.1, 0.15) is 0 Å². The summed E-state index contributed by atoms with van der Waals surface area (Å²) in [6.45, 7) is 7.84. The van der Waals surface area contributed by atoms with Gasteiger partial charge in [-0.3, -0.25) is 9.78 Å². The molecule has 0 fully saturated rings. The molecule has 2 rings (SSSR count). The minimum absolute atomic E-state index is 0.165. The Balaban J connectivity index is 1.84. The minimum Gasteiger partial charge on any atom is -0.381 e. The third kappa shape index (κ3) is 10.6. The minimum atomic E-state index is -1.16. The molecular formula is C25H32O8. The molecule has 0 aliphatic rings. The van der Waals surface area contributed by atoms with E-state index in [4.69, 9.17) is 29.0 Å². The van der Waals surface area contributed by atoms with Crippen LogP contribution in [0.5, 0.6) is 0 Å². The summed E-state index contributed by atoms with van der Waals surface area (Å²) in [5.74, 6) is -1.38. The predicted octanol–water partition coefficient (Wildman–Crippen LogP) is 4.73. The summed E-state index contributed by atoms with van der Waals surface area (Å²) in [5.41, 5.74) is 2.46. The molecule has 0 saturated heterocycles. The zero-order valence-corrected chi connectivity index (χ0v) is 19.4. The Kier molecular flexibility index (Phi) is 12.1. The van der Waals surface area contributed by atoms with Crippen LogP contribution in [-0.2, 0) is 29.0 Å². The molecule has 180 valence electrons. The molecule has 8 heteroatoms. The van der Waals surface area contributed by atoms with Gasteiger partial charge in [-0.15, -0.1) is 9.78 Å². The fourth-order valence-electron chi connectivity index (χ4n) is 2.74. The largest absolute Gasteiger partial charge is 0.381 e. The summed E-state index contributed by atoms with van der Waals surface area (Å²) in [5, 5.41) is 0. The summed E-state index contributed by atoms with van der Waals surface area (Å²) in [6.07, 6.45) is 0.721. The molecule has 0 radical (unpaired) electrons. The van der Waals surface area contributed by atoms with Crippen LogP contribution in [0.15, 0.2) is 48.5 Å². The van der Waals surface area contributed by atoms with Gasteiger partial charge < -0.3 is 9.47 Å². The van der Waals surface area contributed by atoms with Crippen molar-refractivity contribution in [3.05, 3.63) is 70.8 Å². The predicted molar refractivity (Wildman–Crippen MR) is 120 cm³/mol. The van der Waals surface area contributed by atoms with Crippen LogP contribution in [0.1, 0.15) is 58.0 Å². The van der Waals surface area contributed by atoms with Gasteiger partial charge in [0.15, 0.2) is 0 Å². The summed E-state index contributed by atoms with van der Waals surface area (Å²) in [6, 6.07) is 13.7. The number of hydrogen-bond donors (Lipinski definition) is 0. The number of carbonyl (C=O) groups is 2. The first-order valence-electron chi connectivity index (χ1n) is 11.0. The second kappa shape index (κ2) is 15.1. The zero-order chi connectivity index (χ0) is 23.9. The normalized spacial score (nSPS) is 10.9. The summed E-state index contributed by atoms with van der Waals surface area (Å²) >= 11 is 0. The fourth-order valence-corrected chi connectivity index (χ4v) is 2.74. The van der Waals surface area contributed by atoms with Gasteiger partial charge in [-0.2, -0.15) is 0 Å². The molecule has 2 aromatic rings.